The van der Waals surface area contributed by atoms with E-state index in [1.54, 1.807) is 12.2 Å². The Labute approximate surface area is 98.3 Å². The molecule has 4 bridgehead atoms. The number of ketones is 1. The van der Waals surface area contributed by atoms with Crippen molar-refractivity contribution in [2.75, 3.05) is 6.61 Å². The fourth-order valence-electron chi connectivity index (χ4n) is 3.80. The van der Waals surface area contributed by atoms with E-state index in [0.717, 1.165) is 6.42 Å². The first kappa shape index (κ1) is 10.2. The molecule has 1 saturated carbocycles. The number of aliphatic hydroxyl groups is 1. The lowest BCUT2D eigenvalue weighted by Gasteiger charge is -2.65. The first-order chi connectivity index (χ1) is 8.17. The van der Waals surface area contributed by atoms with Gasteiger partial charge in [0.1, 0.15) is 0 Å². The maximum Gasteiger partial charge on any atom is 0.272 e. The molecule has 0 aromatic heterocycles. The fourth-order valence-corrected chi connectivity index (χ4v) is 3.80. The van der Waals surface area contributed by atoms with E-state index in [1.807, 2.05) is 0 Å². The molecule has 4 fully saturated rings. The highest BCUT2D eigenvalue weighted by Crippen LogP contribution is 2.59. The van der Waals surface area contributed by atoms with Crippen LogP contribution >= 0.6 is 0 Å². The molecule has 0 aromatic carbocycles. The van der Waals surface area contributed by atoms with Gasteiger partial charge in [-0.15, -0.1) is 0 Å². The van der Waals surface area contributed by atoms with Crippen LogP contribution in [0.15, 0.2) is 12.2 Å². The van der Waals surface area contributed by atoms with Crippen LogP contribution < -0.4 is 0 Å². The molecule has 5 nitrogen and oxygen atoms in total. The van der Waals surface area contributed by atoms with Crippen LogP contribution in [0.25, 0.3) is 0 Å². The molecule has 5 heteroatoms. The summed E-state index contributed by atoms with van der Waals surface area (Å²) >= 11 is 0. The molecule has 2 aliphatic carbocycles. The highest BCUT2D eigenvalue weighted by molar-refractivity contribution is 5.92. The Bertz CT molecular complexity index is 403. The van der Waals surface area contributed by atoms with Crippen LogP contribution in [0, 0.1) is 5.41 Å². The van der Waals surface area contributed by atoms with Gasteiger partial charge in [0.25, 0.3) is 6.48 Å². The van der Waals surface area contributed by atoms with Crippen LogP contribution in [0.3, 0.4) is 0 Å². The van der Waals surface area contributed by atoms with Crippen molar-refractivity contribution in [2.45, 2.75) is 43.5 Å². The quantitative estimate of drug-likeness (QED) is 0.703. The molecule has 0 unspecified atom stereocenters. The van der Waals surface area contributed by atoms with E-state index in [1.165, 1.54) is 0 Å². The molecular weight excluding hydrogens is 224 g/mol. The highest BCUT2D eigenvalue weighted by atomic mass is 16.9. The van der Waals surface area contributed by atoms with E-state index in [9.17, 15) is 9.90 Å². The van der Waals surface area contributed by atoms with Crippen LogP contribution in [-0.2, 0) is 19.0 Å². The highest BCUT2D eigenvalue weighted by Gasteiger charge is 2.68. The summed E-state index contributed by atoms with van der Waals surface area (Å²) in [5, 5.41) is 9.80. The minimum Gasteiger partial charge on any atom is -0.395 e. The van der Waals surface area contributed by atoms with Crippen molar-refractivity contribution in [1.29, 1.82) is 0 Å². The van der Waals surface area contributed by atoms with Crippen LogP contribution in [0.2, 0.25) is 0 Å². The normalized spacial score (nSPS) is 55.1. The van der Waals surface area contributed by atoms with Gasteiger partial charge >= 0.3 is 0 Å². The van der Waals surface area contributed by atoms with Gasteiger partial charge in [-0.3, -0.25) is 4.79 Å². The lowest BCUT2D eigenvalue weighted by Crippen LogP contribution is -2.74. The second-order valence-electron chi connectivity index (χ2n) is 5.40. The molecule has 5 aliphatic rings. The summed E-state index contributed by atoms with van der Waals surface area (Å²) in [5.74, 6) is 0.0519. The average Bonchev–Trinajstić information content (AvgIpc) is 2.27. The van der Waals surface area contributed by atoms with Gasteiger partial charge in [0.05, 0.1) is 29.8 Å². The molecule has 3 saturated heterocycles. The van der Waals surface area contributed by atoms with Gasteiger partial charge in [0, 0.05) is 19.3 Å². The summed E-state index contributed by atoms with van der Waals surface area (Å²) in [7, 11) is 0. The zero-order valence-corrected chi connectivity index (χ0v) is 9.30. The van der Waals surface area contributed by atoms with Gasteiger partial charge in [-0.25, -0.2) is 0 Å². The molecule has 1 N–H and O–H groups in total. The van der Waals surface area contributed by atoms with E-state index in [-0.39, 0.29) is 24.6 Å². The smallest absolute Gasteiger partial charge is 0.272 e. The molecule has 3 heterocycles. The first-order valence-corrected chi connectivity index (χ1v) is 5.99. The van der Waals surface area contributed by atoms with Gasteiger partial charge in [-0.2, -0.15) is 0 Å². The summed E-state index contributed by atoms with van der Waals surface area (Å²) in [6.07, 6.45) is 5.08. The first-order valence-electron chi connectivity index (χ1n) is 5.99. The maximum absolute atomic E-state index is 11.7. The van der Waals surface area contributed by atoms with Gasteiger partial charge in [-0.1, -0.05) is 6.08 Å². The van der Waals surface area contributed by atoms with Gasteiger partial charge in [-0.05, 0) is 6.08 Å². The summed E-state index contributed by atoms with van der Waals surface area (Å²) in [6, 6.07) is 0. The molecule has 3 aliphatic heterocycles. The molecule has 0 amide bonds. The Hall–Kier alpha value is -0.750. The summed E-state index contributed by atoms with van der Waals surface area (Å²) in [4.78, 5) is 11.7. The zero-order valence-electron chi connectivity index (χ0n) is 9.30. The van der Waals surface area contributed by atoms with Crippen LogP contribution in [0.1, 0.15) is 19.3 Å². The lowest BCUT2D eigenvalue weighted by atomic mass is 9.56. The van der Waals surface area contributed by atoms with Gasteiger partial charge in [0.15, 0.2) is 5.78 Å². The maximum atomic E-state index is 11.7. The van der Waals surface area contributed by atoms with Crippen molar-refractivity contribution in [3.63, 3.8) is 0 Å². The molecule has 5 atom stereocenters. The minimum absolute atomic E-state index is 0.0519. The van der Waals surface area contributed by atoms with E-state index in [4.69, 9.17) is 14.2 Å². The molecule has 0 aromatic rings. The van der Waals surface area contributed by atoms with Crippen molar-refractivity contribution in [2.24, 2.45) is 5.41 Å². The largest absolute Gasteiger partial charge is 0.395 e. The number of carbonyl (C=O) groups is 1. The molecule has 92 valence electrons. The second kappa shape index (κ2) is 2.98. The number of rotatable bonds is 1. The van der Waals surface area contributed by atoms with Crippen molar-refractivity contribution in [3.8, 4) is 0 Å². The third-order valence-electron chi connectivity index (χ3n) is 4.65. The zero-order chi connectivity index (χ0) is 11.7. The number of carbonyl (C=O) groups excluding carboxylic acids is 1. The monoisotopic (exact) mass is 238 g/mol. The summed E-state index contributed by atoms with van der Waals surface area (Å²) < 4.78 is 17.0. The predicted octanol–water partition coefficient (Wildman–Crippen LogP) is 0.125. The third kappa shape index (κ3) is 1.06. The van der Waals surface area contributed by atoms with E-state index in [2.05, 4.69) is 0 Å². The number of hydrogen-bond donors (Lipinski definition) is 1. The molecule has 1 spiro atoms. The predicted molar refractivity (Wildman–Crippen MR) is 54.9 cm³/mol. The SMILES string of the molecule is O=C1C=C[C@@]2(CO)[C@H]3C[C@@H]4C[C@]2(C1)O[C@H](O4)O3. The van der Waals surface area contributed by atoms with Crippen molar-refractivity contribution in [3.05, 3.63) is 12.2 Å². The Kier molecular flexibility index (Phi) is 1.79. The molecular formula is C12H14O5. The average molecular weight is 238 g/mol. The van der Waals surface area contributed by atoms with E-state index >= 15 is 0 Å². The van der Waals surface area contributed by atoms with Crippen LogP contribution in [0.5, 0.6) is 0 Å². The van der Waals surface area contributed by atoms with Crippen molar-refractivity contribution < 1.29 is 24.1 Å². The summed E-state index contributed by atoms with van der Waals surface area (Å²) in [6.45, 7) is -0.715. The number of allylic oxidation sites excluding steroid dienone is 1. The molecule has 17 heavy (non-hydrogen) atoms. The Balaban J connectivity index is 1.88. The standard InChI is InChI=1S/C12H14O5/c13-6-11-2-1-7(14)4-12(11)5-8-3-9(11)16-10(15-8)17-12/h1-2,8-10,13H,3-6H2/t8-,9-,10-,11-,12+/m1/s1. The Morgan fingerprint density at radius 3 is 3.12 bits per heavy atom. The number of ether oxygens (including phenoxy) is 3. The second-order valence-corrected chi connectivity index (χ2v) is 5.40. The van der Waals surface area contributed by atoms with Crippen LogP contribution in [-0.4, -0.2) is 41.8 Å². The third-order valence-corrected chi connectivity index (χ3v) is 4.65. The molecule has 5 rings (SSSR count). The Morgan fingerprint density at radius 1 is 1.47 bits per heavy atom. The van der Waals surface area contributed by atoms with Gasteiger partial charge < -0.3 is 19.3 Å². The number of aliphatic hydroxyl groups excluding tert-OH is 1. The fraction of sp³-hybridized carbons (Fsp3) is 0.750. The summed E-state index contributed by atoms with van der Waals surface area (Å²) in [5.41, 5.74) is -1.19. The van der Waals surface area contributed by atoms with Crippen molar-refractivity contribution >= 4 is 5.78 Å². The molecule has 0 radical (unpaired) electrons. The van der Waals surface area contributed by atoms with Crippen molar-refractivity contribution in [1.82, 2.24) is 0 Å². The topological polar surface area (TPSA) is 65.0 Å². The van der Waals surface area contributed by atoms with E-state index in [0.29, 0.717) is 12.8 Å². The lowest BCUT2D eigenvalue weighted by molar-refractivity contribution is -0.481. The van der Waals surface area contributed by atoms with Gasteiger partial charge in [0.2, 0.25) is 0 Å². The Morgan fingerprint density at radius 2 is 2.35 bits per heavy atom. The van der Waals surface area contributed by atoms with E-state index < -0.39 is 17.5 Å². The van der Waals surface area contributed by atoms with Crippen LogP contribution in [0.4, 0.5) is 0 Å². The minimum atomic E-state index is -0.661. The number of hydrogen-bond acceptors (Lipinski definition) is 5.